The number of fused-ring (bicyclic) bond motifs is 1. The summed E-state index contributed by atoms with van der Waals surface area (Å²) in [6.07, 6.45) is 7.35. The number of carbonyl (C=O) groups excluding carboxylic acids is 2. The summed E-state index contributed by atoms with van der Waals surface area (Å²) in [6.45, 7) is 0.455. The minimum Gasteiger partial charge on any atom is -0.352 e. The first-order valence-electron chi connectivity index (χ1n) is 10.1. The molecule has 1 aliphatic heterocycles. The average molecular weight is 426 g/mol. The van der Waals surface area contributed by atoms with Gasteiger partial charge in [-0.2, -0.15) is 0 Å². The standard InChI is InChI=1S/C23H24FN3O2S/c1-27-19-11-17(22(28)26-14-15-5-4-10-25-13-15)8-9-20(19)30-21(23(27)29)12-16-6-2-3-7-18(16)24/h2-7,10,12-13,17,19-20H,8-9,11,14H2,1H3,(H,26,28)/b21-12-. The normalized spacial score (nSPS) is 25.1. The summed E-state index contributed by atoms with van der Waals surface area (Å²) in [6, 6.07) is 10.2. The summed E-state index contributed by atoms with van der Waals surface area (Å²) in [5.74, 6) is -0.537. The lowest BCUT2D eigenvalue weighted by Crippen LogP contribution is -2.52. The Morgan fingerprint density at radius 3 is 2.90 bits per heavy atom. The molecule has 1 aromatic heterocycles. The Hall–Kier alpha value is -2.67. The number of amides is 2. The van der Waals surface area contributed by atoms with E-state index in [0.29, 0.717) is 23.4 Å². The molecule has 30 heavy (non-hydrogen) atoms. The molecule has 4 rings (SSSR count). The Morgan fingerprint density at radius 2 is 2.13 bits per heavy atom. The van der Waals surface area contributed by atoms with Crippen molar-refractivity contribution in [2.75, 3.05) is 7.05 Å². The number of hydrogen-bond acceptors (Lipinski definition) is 4. The summed E-state index contributed by atoms with van der Waals surface area (Å²) in [4.78, 5) is 31.9. The smallest absolute Gasteiger partial charge is 0.260 e. The third-order valence-corrected chi connectivity index (χ3v) is 7.21. The van der Waals surface area contributed by atoms with Gasteiger partial charge in [0.15, 0.2) is 0 Å². The van der Waals surface area contributed by atoms with E-state index in [2.05, 4.69) is 10.3 Å². The molecule has 2 aliphatic rings. The van der Waals surface area contributed by atoms with Crippen LogP contribution in [0.25, 0.3) is 6.08 Å². The highest BCUT2D eigenvalue weighted by molar-refractivity contribution is 8.04. The first-order chi connectivity index (χ1) is 14.5. The molecule has 3 unspecified atom stereocenters. The number of nitrogens with zero attached hydrogens (tertiary/aromatic N) is 2. The number of pyridine rings is 1. The Morgan fingerprint density at radius 1 is 1.30 bits per heavy atom. The predicted molar refractivity (Wildman–Crippen MR) is 116 cm³/mol. The summed E-state index contributed by atoms with van der Waals surface area (Å²) < 4.78 is 14.0. The molecular weight excluding hydrogens is 401 g/mol. The molecule has 5 nitrogen and oxygen atoms in total. The number of nitrogens with one attached hydrogen (secondary N) is 1. The zero-order valence-corrected chi connectivity index (χ0v) is 17.6. The Kier molecular flexibility index (Phi) is 6.18. The van der Waals surface area contributed by atoms with Crippen molar-refractivity contribution in [2.24, 2.45) is 5.92 Å². The van der Waals surface area contributed by atoms with E-state index in [-0.39, 0.29) is 34.8 Å². The van der Waals surface area contributed by atoms with Crippen molar-refractivity contribution in [3.8, 4) is 0 Å². The fourth-order valence-corrected chi connectivity index (χ4v) is 5.58. The number of likely N-dealkylation sites (N-methyl/N-ethyl adjacent to an activating group) is 1. The molecule has 0 radical (unpaired) electrons. The van der Waals surface area contributed by atoms with Gasteiger partial charge in [0.05, 0.1) is 4.91 Å². The van der Waals surface area contributed by atoms with Crippen LogP contribution in [0.15, 0.2) is 53.7 Å². The highest BCUT2D eigenvalue weighted by Gasteiger charge is 2.42. The molecule has 2 heterocycles. The first kappa shape index (κ1) is 20.6. The first-order valence-corrected chi connectivity index (χ1v) is 11.0. The molecule has 1 saturated carbocycles. The summed E-state index contributed by atoms with van der Waals surface area (Å²) >= 11 is 1.52. The van der Waals surface area contributed by atoms with E-state index >= 15 is 0 Å². The molecule has 0 bridgehead atoms. The maximum absolute atomic E-state index is 14.0. The number of aromatic nitrogens is 1. The molecule has 3 atom stereocenters. The van der Waals surface area contributed by atoms with Crippen molar-refractivity contribution in [1.29, 1.82) is 0 Å². The van der Waals surface area contributed by atoms with Crippen LogP contribution in [-0.2, 0) is 16.1 Å². The van der Waals surface area contributed by atoms with Gasteiger partial charge >= 0.3 is 0 Å². The molecule has 1 N–H and O–H groups in total. The summed E-state index contributed by atoms with van der Waals surface area (Å²) in [5, 5.41) is 3.21. The molecule has 1 aliphatic carbocycles. The molecule has 7 heteroatoms. The highest BCUT2D eigenvalue weighted by atomic mass is 32.2. The van der Waals surface area contributed by atoms with Crippen LogP contribution >= 0.6 is 11.8 Å². The molecule has 1 aromatic carbocycles. The molecule has 1 saturated heterocycles. The predicted octanol–water partition coefficient (Wildman–Crippen LogP) is 3.62. The van der Waals surface area contributed by atoms with E-state index in [4.69, 9.17) is 0 Å². The quantitative estimate of drug-likeness (QED) is 0.760. The van der Waals surface area contributed by atoms with E-state index < -0.39 is 0 Å². The second-order valence-corrected chi connectivity index (χ2v) is 9.04. The van der Waals surface area contributed by atoms with Gasteiger partial charge in [0.1, 0.15) is 5.82 Å². The fraction of sp³-hybridized carbons (Fsp3) is 0.348. The maximum Gasteiger partial charge on any atom is 0.260 e. The zero-order chi connectivity index (χ0) is 21.1. The van der Waals surface area contributed by atoms with Crippen LogP contribution in [0.5, 0.6) is 0 Å². The van der Waals surface area contributed by atoms with Gasteiger partial charge in [-0.3, -0.25) is 14.6 Å². The van der Waals surface area contributed by atoms with E-state index in [0.717, 1.165) is 18.4 Å². The van der Waals surface area contributed by atoms with E-state index in [1.54, 1.807) is 48.6 Å². The van der Waals surface area contributed by atoms with Crippen LogP contribution in [0.4, 0.5) is 4.39 Å². The topological polar surface area (TPSA) is 62.3 Å². The third-order valence-electron chi connectivity index (χ3n) is 5.81. The van der Waals surface area contributed by atoms with Gasteiger partial charge in [0, 0.05) is 48.8 Å². The largest absolute Gasteiger partial charge is 0.352 e. The minimum absolute atomic E-state index is 0.00293. The maximum atomic E-state index is 14.0. The van der Waals surface area contributed by atoms with Gasteiger partial charge in [0.25, 0.3) is 5.91 Å². The van der Waals surface area contributed by atoms with Gasteiger partial charge in [-0.05, 0) is 43.0 Å². The molecule has 156 valence electrons. The van der Waals surface area contributed by atoms with Crippen molar-refractivity contribution < 1.29 is 14.0 Å². The third kappa shape index (κ3) is 4.41. The molecule has 0 spiro atoms. The highest BCUT2D eigenvalue weighted by Crippen LogP contribution is 2.43. The van der Waals surface area contributed by atoms with Crippen molar-refractivity contribution in [2.45, 2.75) is 37.1 Å². The lowest BCUT2D eigenvalue weighted by molar-refractivity contribution is -0.132. The SMILES string of the molecule is CN1C(=O)/C(=C/c2ccccc2F)SC2CCC(C(=O)NCc3cccnc3)CC21. The number of rotatable bonds is 4. The number of thioether (sulfide) groups is 1. The molecule has 2 amide bonds. The fourth-order valence-electron chi connectivity index (χ4n) is 4.11. The number of carbonyl (C=O) groups is 2. The van der Waals surface area contributed by atoms with Crippen LogP contribution in [0.3, 0.4) is 0 Å². The monoisotopic (exact) mass is 425 g/mol. The molecule has 2 aromatic rings. The lowest BCUT2D eigenvalue weighted by atomic mass is 9.83. The Balaban J connectivity index is 1.41. The van der Waals surface area contributed by atoms with Gasteiger partial charge in [-0.1, -0.05) is 24.3 Å². The van der Waals surface area contributed by atoms with Crippen molar-refractivity contribution >= 4 is 29.7 Å². The second-order valence-electron chi connectivity index (χ2n) is 7.76. The average Bonchev–Trinajstić information content (AvgIpc) is 2.77. The Labute approximate surface area is 179 Å². The number of hydrogen-bond donors (Lipinski definition) is 1. The van der Waals surface area contributed by atoms with Crippen LogP contribution in [-0.4, -0.2) is 40.0 Å². The van der Waals surface area contributed by atoms with E-state index in [1.165, 1.54) is 17.8 Å². The van der Waals surface area contributed by atoms with Crippen molar-refractivity contribution in [3.63, 3.8) is 0 Å². The van der Waals surface area contributed by atoms with Gasteiger partial charge in [-0.15, -0.1) is 11.8 Å². The van der Waals surface area contributed by atoms with Crippen molar-refractivity contribution in [3.05, 3.63) is 70.6 Å². The lowest BCUT2D eigenvalue weighted by Gasteiger charge is -2.44. The minimum atomic E-state index is -0.336. The molecular formula is C23H24FN3O2S. The van der Waals surface area contributed by atoms with Crippen LogP contribution in [0.2, 0.25) is 0 Å². The zero-order valence-electron chi connectivity index (χ0n) is 16.8. The van der Waals surface area contributed by atoms with Crippen LogP contribution in [0.1, 0.15) is 30.4 Å². The van der Waals surface area contributed by atoms with Crippen LogP contribution < -0.4 is 5.32 Å². The van der Waals surface area contributed by atoms with Gasteiger partial charge in [0.2, 0.25) is 5.91 Å². The second kappa shape index (κ2) is 9.00. The van der Waals surface area contributed by atoms with Gasteiger partial charge < -0.3 is 10.2 Å². The van der Waals surface area contributed by atoms with E-state index in [9.17, 15) is 14.0 Å². The Bertz CT molecular complexity index is 966. The number of benzene rings is 1. The van der Waals surface area contributed by atoms with E-state index in [1.807, 2.05) is 12.1 Å². The number of halogens is 1. The van der Waals surface area contributed by atoms with Crippen molar-refractivity contribution in [1.82, 2.24) is 15.2 Å². The summed E-state index contributed by atoms with van der Waals surface area (Å²) in [7, 11) is 1.78. The summed E-state index contributed by atoms with van der Waals surface area (Å²) in [5.41, 5.74) is 1.38. The molecule has 2 fully saturated rings. The van der Waals surface area contributed by atoms with Gasteiger partial charge in [-0.25, -0.2) is 4.39 Å². The van der Waals surface area contributed by atoms with Crippen LogP contribution in [0, 0.1) is 11.7 Å².